The summed E-state index contributed by atoms with van der Waals surface area (Å²) in [5.41, 5.74) is 1.83. The van der Waals surface area contributed by atoms with Gasteiger partial charge in [-0.25, -0.2) is 14.8 Å². The van der Waals surface area contributed by atoms with Crippen LogP contribution in [0.5, 0.6) is 0 Å². The minimum Gasteiger partial charge on any atom is -0.476 e. The van der Waals surface area contributed by atoms with Gasteiger partial charge in [-0.05, 0) is 37.3 Å². The lowest BCUT2D eigenvalue weighted by Gasteiger charge is -2.36. The standard InChI is InChI=1S/C17H17N3O3/c1-17(8-4-6-11-5-2-3-7-12(11)17)20-15(21)13-9-19-14(10-18-13)16(22)23/h2-3,5,7,9-10H,4,6,8H2,1H3,(H,20,21)(H,22,23). The Kier molecular flexibility index (Phi) is 3.82. The lowest BCUT2D eigenvalue weighted by Crippen LogP contribution is -2.46. The number of hydrogen-bond acceptors (Lipinski definition) is 4. The molecule has 23 heavy (non-hydrogen) atoms. The van der Waals surface area contributed by atoms with E-state index in [1.807, 2.05) is 25.1 Å². The van der Waals surface area contributed by atoms with Crippen LogP contribution in [0, 0.1) is 0 Å². The van der Waals surface area contributed by atoms with Gasteiger partial charge < -0.3 is 10.4 Å². The van der Waals surface area contributed by atoms with E-state index >= 15 is 0 Å². The Bertz CT molecular complexity index is 758. The first kappa shape index (κ1) is 15.1. The predicted molar refractivity (Wildman–Crippen MR) is 83.2 cm³/mol. The number of carbonyl (C=O) groups excluding carboxylic acids is 1. The Morgan fingerprint density at radius 2 is 1.87 bits per heavy atom. The Balaban J connectivity index is 1.84. The maximum atomic E-state index is 12.4. The second-order valence-electron chi connectivity index (χ2n) is 5.89. The summed E-state index contributed by atoms with van der Waals surface area (Å²) in [7, 11) is 0. The molecule has 1 amide bonds. The van der Waals surface area contributed by atoms with E-state index in [1.54, 1.807) is 0 Å². The molecule has 1 aliphatic carbocycles. The van der Waals surface area contributed by atoms with Crippen molar-refractivity contribution in [2.75, 3.05) is 0 Å². The summed E-state index contributed by atoms with van der Waals surface area (Å²) < 4.78 is 0. The van der Waals surface area contributed by atoms with E-state index in [4.69, 9.17) is 5.11 Å². The fourth-order valence-corrected chi connectivity index (χ4v) is 3.04. The van der Waals surface area contributed by atoms with Crippen molar-refractivity contribution in [3.63, 3.8) is 0 Å². The highest BCUT2D eigenvalue weighted by atomic mass is 16.4. The molecule has 0 aliphatic heterocycles. The van der Waals surface area contributed by atoms with Crippen LogP contribution in [0.1, 0.15) is 51.9 Å². The summed E-state index contributed by atoms with van der Waals surface area (Å²) in [5, 5.41) is 11.9. The maximum Gasteiger partial charge on any atom is 0.356 e. The number of carbonyl (C=O) groups is 2. The van der Waals surface area contributed by atoms with Crippen molar-refractivity contribution in [3.8, 4) is 0 Å². The van der Waals surface area contributed by atoms with Gasteiger partial charge in [-0.15, -0.1) is 0 Å². The second kappa shape index (κ2) is 5.79. The molecule has 1 unspecified atom stereocenters. The van der Waals surface area contributed by atoms with Crippen LogP contribution in [0.4, 0.5) is 0 Å². The van der Waals surface area contributed by atoms with E-state index in [0.29, 0.717) is 0 Å². The normalized spacial score (nSPS) is 19.7. The molecule has 0 saturated carbocycles. The summed E-state index contributed by atoms with van der Waals surface area (Å²) in [4.78, 5) is 30.9. The van der Waals surface area contributed by atoms with Crippen LogP contribution in [-0.4, -0.2) is 27.0 Å². The minimum atomic E-state index is -1.17. The molecule has 3 rings (SSSR count). The van der Waals surface area contributed by atoms with Gasteiger partial charge in [-0.1, -0.05) is 24.3 Å². The van der Waals surface area contributed by atoms with Crippen molar-refractivity contribution in [1.29, 1.82) is 0 Å². The highest BCUT2D eigenvalue weighted by Gasteiger charge is 2.33. The van der Waals surface area contributed by atoms with Gasteiger partial charge in [0.05, 0.1) is 17.9 Å². The van der Waals surface area contributed by atoms with Crippen LogP contribution in [0.2, 0.25) is 0 Å². The number of carboxylic acids is 1. The summed E-state index contributed by atoms with van der Waals surface area (Å²) >= 11 is 0. The lowest BCUT2D eigenvalue weighted by molar-refractivity contribution is 0.0688. The number of nitrogens with one attached hydrogen (secondary N) is 1. The number of hydrogen-bond donors (Lipinski definition) is 2. The first-order valence-electron chi connectivity index (χ1n) is 7.46. The zero-order valence-electron chi connectivity index (χ0n) is 12.7. The molecule has 0 bridgehead atoms. The van der Waals surface area contributed by atoms with Gasteiger partial charge in [0.2, 0.25) is 0 Å². The first-order valence-corrected chi connectivity index (χ1v) is 7.46. The molecule has 0 spiro atoms. The van der Waals surface area contributed by atoms with Gasteiger partial charge in [0.1, 0.15) is 5.69 Å². The molecular weight excluding hydrogens is 294 g/mol. The third-order valence-corrected chi connectivity index (χ3v) is 4.23. The molecule has 1 aromatic heterocycles. The van der Waals surface area contributed by atoms with Crippen LogP contribution < -0.4 is 5.32 Å². The molecule has 0 saturated heterocycles. The van der Waals surface area contributed by atoms with Gasteiger partial charge in [0, 0.05) is 0 Å². The van der Waals surface area contributed by atoms with Crippen molar-refractivity contribution in [2.45, 2.75) is 31.7 Å². The average Bonchev–Trinajstić information content (AvgIpc) is 2.55. The molecule has 0 radical (unpaired) electrons. The number of fused-ring (bicyclic) bond motifs is 1. The molecule has 1 aromatic carbocycles. The Morgan fingerprint density at radius 1 is 1.17 bits per heavy atom. The number of benzene rings is 1. The van der Waals surface area contributed by atoms with Crippen LogP contribution >= 0.6 is 0 Å². The molecular formula is C17H17N3O3. The van der Waals surface area contributed by atoms with Gasteiger partial charge in [0.15, 0.2) is 5.69 Å². The van der Waals surface area contributed by atoms with Crippen LogP contribution in [-0.2, 0) is 12.0 Å². The van der Waals surface area contributed by atoms with E-state index in [2.05, 4.69) is 21.4 Å². The van der Waals surface area contributed by atoms with Crippen LogP contribution in [0.15, 0.2) is 36.7 Å². The third-order valence-electron chi connectivity index (χ3n) is 4.23. The number of aromatic carboxylic acids is 1. The third kappa shape index (κ3) is 2.92. The number of rotatable bonds is 3. The monoisotopic (exact) mass is 311 g/mol. The Hall–Kier alpha value is -2.76. The topological polar surface area (TPSA) is 92.2 Å². The molecule has 6 heteroatoms. The lowest BCUT2D eigenvalue weighted by atomic mass is 9.77. The maximum absolute atomic E-state index is 12.4. The number of aromatic nitrogens is 2. The average molecular weight is 311 g/mol. The first-order chi connectivity index (χ1) is 11.0. The smallest absolute Gasteiger partial charge is 0.356 e. The van der Waals surface area contributed by atoms with Gasteiger partial charge >= 0.3 is 5.97 Å². The predicted octanol–water partition coefficient (Wildman–Crippen LogP) is 2.16. The Labute approximate surface area is 133 Å². The van der Waals surface area contributed by atoms with E-state index in [0.717, 1.165) is 31.0 Å². The molecule has 1 heterocycles. The highest BCUT2D eigenvalue weighted by Crippen LogP contribution is 2.34. The van der Waals surface area contributed by atoms with Crippen LogP contribution in [0.25, 0.3) is 0 Å². The van der Waals surface area contributed by atoms with E-state index in [1.165, 1.54) is 11.8 Å². The summed E-state index contributed by atoms with van der Waals surface area (Å²) in [6.07, 6.45) is 5.13. The van der Waals surface area contributed by atoms with E-state index in [9.17, 15) is 9.59 Å². The molecule has 1 aliphatic rings. The van der Waals surface area contributed by atoms with Crippen LogP contribution in [0.3, 0.4) is 0 Å². The number of amides is 1. The SMILES string of the molecule is CC1(NC(=O)c2cnc(C(=O)O)cn2)CCCc2ccccc21. The number of carboxylic acid groups (broad SMARTS) is 1. The zero-order chi connectivity index (χ0) is 16.4. The van der Waals surface area contributed by atoms with Crippen molar-refractivity contribution >= 4 is 11.9 Å². The fraction of sp³-hybridized carbons (Fsp3) is 0.294. The van der Waals surface area contributed by atoms with E-state index < -0.39 is 11.5 Å². The van der Waals surface area contributed by atoms with Crippen molar-refractivity contribution in [1.82, 2.24) is 15.3 Å². The molecule has 2 aromatic rings. The highest BCUT2D eigenvalue weighted by molar-refractivity contribution is 5.93. The van der Waals surface area contributed by atoms with Crippen molar-refractivity contribution in [2.24, 2.45) is 0 Å². The Morgan fingerprint density at radius 3 is 2.57 bits per heavy atom. The molecule has 1 atom stereocenters. The molecule has 6 nitrogen and oxygen atoms in total. The summed E-state index contributed by atoms with van der Waals surface area (Å²) in [6.45, 7) is 2.00. The molecule has 2 N–H and O–H groups in total. The van der Waals surface area contributed by atoms with Gasteiger partial charge in [-0.2, -0.15) is 0 Å². The van der Waals surface area contributed by atoms with Gasteiger partial charge in [-0.3, -0.25) is 4.79 Å². The quantitative estimate of drug-likeness (QED) is 0.906. The molecule has 0 fully saturated rings. The second-order valence-corrected chi connectivity index (χ2v) is 5.89. The summed E-state index contributed by atoms with van der Waals surface area (Å²) in [5.74, 6) is -1.52. The van der Waals surface area contributed by atoms with Gasteiger partial charge in [0.25, 0.3) is 5.91 Å². The van der Waals surface area contributed by atoms with Crippen molar-refractivity contribution in [3.05, 3.63) is 59.2 Å². The summed E-state index contributed by atoms with van der Waals surface area (Å²) in [6, 6.07) is 8.09. The van der Waals surface area contributed by atoms with E-state index in [-0.39, 0.29) is 17.3 Å². The zero-order valence-corrected chi connectivity index (χ0v) is 12.7. The number of nitrogens with zero attached hydrogens (tertiary/aromatic N) is 2. The largest absolute Gasteiger partial charge is 0.476 e. The number of aryl methyl sites for hydroxylation is 1. The van der Waals surface area contributed by atoms with Crippen molar-refractivity contribution < 1.29 is 14.7 Å². The fourth-order valence-electron chi connectivity index (χ4n) is 3.04. The minimum absolute atomic E-state index is 0.110. The molecule has 118 valence electrons.